The van der Waals surface area contributed by atoms with Crippen molar-refractivity contribution >= 4 is 27.7 Å². The van der Waals surface area contributed by atoms with Crippen molar-refractivity contribution in [3.05, 3.63) is 51.9 Å². The SMILES string of the molecule is O=C(O)c1cnc(N2Cc3cccc(Br)c3C2)cn1. The standard InChI is InChI=1S/C13H10BrN3O2/c14-10-3-1-2-8-6-17(7-9(8)10)12-5-15-11(4-16-12)13(18)19/h1-5H,6-7H2,(H,18,19). The second kappa shape index (κ2) is 4.62. The quantitative estimate of drug-likeness (QED) is 0.921. The molecule has 1 aliphatic rings. The third-order valence-electron chi connectivity index (χ3n) is 3.11. The van der Waals surface area contributed by atoms with Gasteiger partial charge >= 0.3 is 5.97 Å². The lowest BCUT2D eigenvalue weighted by atomic mass is 10.1. The van der Waals surface area contributed by atoms with Crippen LogP contribution in [-0.4, -0.2) is 21.0 Å². The lowest BCUT2D eigenvalue weighted by Crippen LogP contribution is -2.17. The van der Waals surface area contributed by atoms with Crippen LogP contribution in [0, 0.1) is 0 Å². The molecule has 1 aromatic heterocycles. The molecule has 1 N–H and O–H groups in total. The number of carboxylic acids is 1. The molecular formula is C13H10BrN3O2. The summed E-state index contributed by atoms with van der Waals surface area (Å²) in [6.45, 7) is 1.51. The van der Waals surface area contributed by atoms with Gasteiger partial charge in [0.05, 0.1) is 12.4 Å². The first-order valence-corrected chi connectivity index (χ1v) is 6.51. The Labute approximate surface area is 118 Å². The predicted molar refractivity (Wildman–Crippen MR) is 73.0 cm³/mol. The zero-order chi connectivity index (χ0) is 13.4. The van der Waals surface area contributed by atoms with Gasteiger partial charge in [-0.15, -0.1) is 0 Å². The molecule has 3 rings (SSSR count). The number of benzene rings is 1. The fraction of sp³-hybridized carbons (Fsp3) is 0.154. The number of fused-ring (bicyclic) bond motifs is 1. The molecule has 0 bridgehead atoms. The zero-order valence-corrected chi connectivity index (χ0v) is 11.5. The highest BCUT2D eigenvalue weighted by Crippen LogP contribution is 2.31. The van der Waals surface area contributed by atoms with E-state index >= 15 is 0 Å². The third-order valence-corrected chi connectivity index (χ3v) is 3.85. The average molecular weight is 320 g/mol. The van der Waals surface area contributed by atoms with Crippen LogP contribution >= 0.6 is 15.9 Å². The Hall–Kier alpha value is -1.95. The largest absolute Gasteiger partial charge is 0.476 e. The maximum absolute atomic E-state index is 10.7. The van der Waals surface area contributed by atoms with Crippen molar-refractivity contribution < 1.29 is 9.90 Å². The van der Waals surface area contributed by atoms with Crippen LogP contribution in [0.3, 0.4) is 0 Å². The van der Waals surface area contributed by atoms with Gasteiger partial charge in [0.25, 0.3) is 0 Å². The van der Waals surface area contributed by atoms with E-state index in [1.165, 1.54) is 23.5 Å². The molecule has 0 radical (unpaired) electrons. The molecule has 2 aromatic rings. The Morgan fingerprint density at radius 3 is 2.74 bits per heavy atom. The summed E-state index contributed by atoms with van der Waals surface area (Å²) in [6, 6.07) is 6.10. The third kappa shape index (κ3) is 2.19. The van der Waals surface area contributed by atoms with Crippen LogP contribution in [0.2, 0.25) is 0 Å². The predicted octanol–water partition coefficient (Wildman–Crippen LogP) is 2.46. The molecule has 6 heteroatoms. The lowest BCUT2D eigenvalue weighted by molar-refractivity contribution is 0.0690. The minimum absolute atomic E-state index is 0.0401. The van der Waals surface area contributed by atoms with Gasteiger partial charge in [0, 0.05) is 17.6 Å². The molecule has 0 saturated heterocycles. The fourth-order valence-electron chi connectivity index (χ4n) is 2.14. The van der Waals surface area contributed by atoms with E-state index in [0.717, 1.165) is 17.6 Å². The minimum atomic E-state index is -1.06. The minimum Gasteiger partial charge on any atom is -0.476 e. The number of nitrogens with zero attached hydrogens (tertiary/aromatic N) is 3. The van der Waals surface area contributed by atoms with E-state index in [1.807, 2.05) is 12.1 Å². The Morgan fingerprint density at radius 2 is 2.11 bits per heavy atom. The fourth-order valence-corrected chi connectivity index (χ4v) is 2.67. The molecular weight excluding hydrogens is 310 g/mol. The molecule has 1 aromatic carbocycles. The van der Waals surface area contributed by atoms with E-state index in [9.17, 15) is 4.79 Å². The summed E-state index contributed by atoms with van der Waals surface area (Å²) in [7, 11) is 0. The van der Waals surface area contributed by atoms with E-state index in [-0.39, 0.29) is 5.69 Å². The van der Waals surface area contributed by atoms with Crippen molar-refractivity contribution in [3.63, 3.8) is 0 Å². The van der Waals surface area contributed by atoms with E-state index in [0.29, 0.717) is 5.82 Å². The molecule has 0 atom stereocenters. The van der Waals surface area contributed by atoms with Crippen molar-refractivity contribution in [2.24, 2.45) is 0 Å². The Kier molecular flexibility index (Phi) is 2.94. The number of hydrogen-bond acceptors (Lipinski definition) is 4. The van der Waals surface area contributed by atoms with Crippen LogP contribution in [0.25, 0.3) is 0 Å². The number of halogens is 1. The van der Waals surface area contributed by atoms with Gasteiger partial charge in [0.15, 0.2) is 5.69 Å². The Balaban J connectivity index is 1.86. The molecule has 0 aliphatic carbocycles. The van der Waals surface area contributed by atoms with Crippen molar-refractivity contribution in [1.82, 2.24) is 9.97 Å². The van der Waals surface area contributed by atoms with Crippen LogP contribution in [0.1, 0.15) is 21.6 Å². The van der Waals surface area contributed by atoms with Crippen LogP contribution in [0.15, 0.2) is 35.1 Å². The molecule has 1 aliphatic heterocycles. The topological polar surface area (TPSA) is 66.3 Å². The average Bonchev–Trinajstić information content (AvgIpc) is 2.84. The van der Waals surface area contributed by atoms with Gasteiger partial charge < -0.3 is 10.0 Å². The summed E-state index contributed by atoms with van der Waals surface area (Å²) in [6.07, 6.45) is 2.79. The first-order chi connectivity index (χ1) is 9.15. The molecule has 2 heterocycles. The van der Waals surface area contributed by atoms with E-state index in [1.54, 1.807) is 0 Å². The van der Waals surface area contributed by atoms with Crippen molar-refractivity contribution in [1.29, 1.82) is 0 Å². The highest BCUT2D eigenvalue weighted by molar-refractivity contribution is 9.10. The lowest BCUT2D eigenvalue weighted by Gasteiger charge is -2.15. The molecule has 0 fully saturated rings. The molecule has 0 amide bonds. The van der Waals surface area contributed by atoms with E-state index in [2.05, 4.69) is 36.9 Å². The smallest absolute Gasteiger partial charge is 0.356 e. The maximum Gasteiger partial charge on any atom is 0.356 e. The number of carbonyl (C=O) groups is 1. The summed E-state index contributed by atoms with van der Waals surface area (Å²) in [5, 5.41) is 8.80. The Morgan fingerprint density at radius 1 is 1.26 bits per heavy atom. The van der Waals surface area contributed by atoms with Crippen LogP contribution in [0.4, 0.5) is 5.82 Å². The molecule has 5 nitrogen and oxygen atoms in total. The summed E-state index contributed by atoms with van der Waals surface area (Å²) in [4.78, 5) is 20.9. The van der Waals surface area contributed by atoms with Crippen LogP contribution < -0.4 is 4.90 Å². The van der Waals surface area contributed by atoms with Gasteiger partial charge in [0.2, 0.25) is 0 Å². The highest BCUT2D eigenvalue weighted by Gasteiger charge is 2.22. The van der Waals surface area contributed by atoms with Crippen LogP contribution in [-0.2, 0) is 13.1 Å². The number of carboxylic acid groups (broad SMARTS) is 1. The maximum atomic E-state index is 10.7. The van der Waals surface area contributed by atoms with Gasteiger partial charge in [0.1, 0.15) is 5.82 Å². The van der Waals surface area contributed by atoms with E-state index < -0.39 is 5.97 Å². The molecule has 0 saturated carbocycles. The monoisotopic (exact) mass is 319 g/mol. The number of aromatic nitrogens is 2. The summed E-state index contributed by atoms with van der Waals surface area (Å²) >= 11 is 3.54. The van der Waals surface area contributed by atoms with Crippen molar-refractivity contribution in [3.8, 4) is 0 Å². The zero-order valence-electron chi connectivity index (χ0n) is 9.88. The molecule has 19 heavy (non-hydrogen) atoms. The first-order valence-electron chi connectivity index (χ1n) is 5.71. The van der Waals surface area contributed by atoms with Crippen molar-refractivity contribution in [2.75, 3.05) is 4.90 Å². The van der Waals surface area contributed by atoms with Crippen LogP contribution in [0.5, 0.6) is 0 Å². The molecule has 96 valence electrons. The summed E-state index contributed by atoms with van der Waals surface area (Å²) in [5.41, 5.74) is 2.45. The number of aromatic carboxylic acids is 1. The van der Waals surface area contributed by atoms with Gasteiger partial charge in [-0.2, -0.15) is 0 Å². The second-order valence-electron chi connectivity index (χ2n) is 4.30. The summed E-state index contributed by atoms with van der Waals surface area (Å²) in [5.74, 6) is -0.375. The molecule has 0 unspecified atom stereocenters. The van der Waals surface area contributed by atoms with Gasteiger partial charge in [-0.1, -0.05) is 28.1 Å². The molecule has 0 spiro atoms. The second-order valence-corrected chi connectivity index (χ2v) is 5.15. The van der Waals surface area contributed by atoms with E-state index in [4.69, 9.17) is 5.11 Å². The number of hydrogen-bond donors (Lipinski definition) is 1. The van der Waals surface area contributed by atoms with Gasteiger partial charge in [-0.25, -0.2) is 14.8 Å². The van der Waals surface area contributed by atoms with Crippen molar-refractivity contribution in [2.45, 2.75) is 13.1 Å². The summed E-state index contributed by atoms with van der Waals surface area (Å²) < 4.78 is 1.09. The number of rotatable bonds is 2. The normalized spacial score (nSPS) is 13.4. The van der Waals surface area contributed by atoms with Gasteiger partial charge in [-0.05, 0) is 17.2 Å². The number of anilines is 1. The van der Waals surface area contributed by atoms with Gasteiger partial charge in [-0.3, -0.25) is 0 Å². The highest BCUT2D eigenvalue weighted by atomic mass is 79.9. The Bertz CT molecular complexity index is 643. The first kappa shape index (κ1) is 12.1.